The second-order valence-corrected chi connectivity index (χ2v) is 8.11. The smallest absolute Gasteiger partial charge is 0.227 e. The van der Waals surface area contributed by atoms with Gasteiger partial charge >= 0.3 is 0 Å². The summed E-state index contributed by atoms with van der Waals surface area (Å²) in [6.07, 6.45) is 4.39. The van der Waals surface area contributed by atoms with Gasteiger partial charge in [-0.25, -0.2) is 0 Å². The number of amides is 1. The molecule has 5 nitrogen and oxygen atoms in total. The fourth-order valence-corrected chi connectivity index (χ4v) is 4.10. The maximum absolute atomic E-state index is 13.0. The van der Waals surface area contributed by atoms with Gasteiger partial charge < -0.3 is 4.90 Å². The molecular formula is C25H28N4O. The number of aromatic nitrogens is 2. The largest absolute Gasteiger partial charge is 0.344 e. The Morgan fingerprint density at radius 3 is 2.67 bits per heavy atom. The Hall–Kier alpha value is -3.05. The Labute approximate surface area is 178 Å². The molecule has 0 bridgehead atoms. The first-order chi connectivity index (χ1) is 14.6. The van der Waals surface area contributed by atoms with Crippen molar-refractivity contribution in [2.75, 3.05) is 26.7 Å². The van der Waals surface area contributed by atoms with Crippen LogP contribution in [0, 0.1) is 12.8 Å². The fraction of sp³-hybridized carbons (Fsp3) is 0.320. The van der Waals surface area contributed by atoms with Crippen LogP contribution in [-0.4, -0.2) is 52.4 Å². The van der Waals surface area contributed by atoms with E-state index in [1.54, 1.807) is 6.20 Å². The molecule has 2 aromatic heterocycles. The highest BCUT2D eigenvalue weighted by molar-refractivity contribution is 5.79. The maximum Gasteiger partial charge on any atom is 0.227 e. The van der Waals surface area contributed by atoms with Crippen LogP contribution < -0.4 is 0 Å². The summed E-state index contributed by atoms with van der Waals surface area (Å²) in [5, 5.41) is 0. The Balaban J connectivity index is 1.52. The minimum atomic E-state index is -0.0635. The highest BCUT2D eigenvalue weighted by Crippen LogP contribution is 2.23. The molecule has 154 valence electrons. The highest BCUT2D eigenvalue weighted by Gasteiger charge is 2.28. The molecule has 3 aromatic rings. The van der Waals surface area contributed by atoms with Crippen molar-refractivity contribution >= 4 is 5.91 Å². The number of nitrogens with zero attached hydrogens (tertiary/aromatic N) is 4. The number of hydrogen-bond donors (Lipinski definition) is 0. The number of benzene rings is 1. The van der Waals surface area contributed by atoms with Crippen LogP contribution in [0.15, 0.2) is 67.0 Å². The summed E-state index contributed by atoms with van der Waals surface area (Å²) in [4.78, 5) is 26.1. The van der Waals surface area contributed by atoms with E-state index in [-0.39, 0.29) is 11.8 Å². The molecule has 1 fully saturated rings. The van der Waals surface area contributed by atoms with Crippen molar-refractivity contribution in [1.82, 2.24) is 19.8 Å². The monoisotopic (exact) mass is 400 g/mol. The zero-order valence-electron chi connectivity index (χ0n) is 17.7. The van der Waals surface area contributed by atoms with Gasteiger partial charge in [0.2, 0.25) is 5.91 Å². The lowest BCUT2D eigenvalue weighted by molar-refractivity contribution is -0.133. The van der Waals surface area contributed by atoms with Crippen LogP contribution in [0.3, 0.4) is 0 Å². The lowest BCUT2D eigenvalue weighted by Gasteiger charge is -2.23. The summed E-state index contributed by atoms with van der Waals surface area (Å²) in [6.45, 7) is 5.15. The molecule has 1 saturated heterocycles. The normalized spacial score (nSPS) is 17.7. The first-order valence-electron chi connectivity index (χ1n) is 10.5. The molecule has 3 heterocycles. The zero-order valence-corrected chi connectivity index (χ0v) is 17.7. The number of aryl methyl sites for hydroxylation is 1. The predicted molar refractivity (Wildman–Crippen MR) is 119 cm³/mol. The number of rotatable bonds is 5. The van der Waals surface area contributed by atoms with Gasteiger partial charge in [0.1, 0.15) is 0 Å². The quantitative estimate of drug-likeness (QED) is 0.657. The molecule has 1 aliphatic rings. The van der Waals surface area contributed by atoms with E-state index in [0.717, 1.165) is 55.1 Å². The van der Waals surface area contributed by atoms with Crippen molar-refractivity contribution in [3.05, 3.63) is 83.9 Å². The van der Waals surface area contributed by atoms with E-state index in [1.807, 2.05) is 43.3 Å². The van der Waals surface area contributed by atoms with Crippen LogP contribution >= 0.6 is 0 Å². The van der Waals surface area contributed by atoms with Crippen molar-refractivity contribution in [1.29, 1.82) is 0 Å². The summed E-state index contributed by atoms with van der Waals surface area (Å²) in [5.74, 6) is 0.160. The van der Waals surface area contributed by atoms with Gasteiger partial charge in [-0.15, -0.1) is 0 Å². The lowest BCUT2D eigenvalue weighted by Crippen LogP contribution is -2.34. The van der Waals surface area contributed by atoms with E-state index in [0.29, 0.717) is 0 Å². The Kier molecular flexibility index (Phi) is 6.19. The summed E-state index contributed by atoms with van der Waals surface area (Å²) in [5.41, 5.74) is 5.49. The van der Waals surface area contributed by atoms with Crippen LogP contribution in [-0.2, 0) is 17.8 Å². The molecule has 1 aliphatic heterocycles. The molecule has 0 spiro atoms. The Morgan fingerprint density at radius 2 is 1.87 bits per heavy atom. The second kappa shape index (κ2) is 9.18. The van der Waals surface area contributed by atoms with E-state index in [1.165, 1.54) is 5.56 Å². The molecule has 1 amide bonds. The minimum Gasteiger partial charge on any atom is -0.344 e. The summed E-state index contributed by atoms with van der Waals surface area (Å²) in [6, 6.07) is 18.6. The van der Waals surface area contributed by atoms with Crippen molar-refractivity contribution < 1.29 is 4.79 Å². The third-order valence-electron chi connectivity index (χ3n) is 5.69. The van der Waals surface area contributed by atoms with Gasteiger partial charge in [-0.05, 0) is 48.2 Å². The van der Waals surface area contributed by atoms with Gasteiger partial charge in [-0.1, -0.05) is 36.4 Å². The van der Waals surface area contributed by atoms with E-state index < -0.39 is 0 Å². The van der Waals surface area contributed by atoms with Crippen molar-refractivity contribution in [2.24, 2.45) is 5.92 Å². The van der Waals surface area contributed by atoms with Crippen LogP contribution in [0.25, 0.3) is 11.1 Å². The number of carbonyl (C=O) groups is 1. The van der Waals surface area contributed by atoms with Gasteiger partial charge in [0.05, 0.1) is 11.6 Å². The van der Waals surface area contributed by atoms with E-state index >= 15 is 0 Å². The minimum absolute atomic E-state index is 0.0635. The first kappa shape index (κ1) is 20.2. The second-order valence-electron chi connectivity index (χ2n) is 8.11. The SMILES string of the molecule is Cc1cccc(CN2CCN(C)C(=O)[C@@H](Cc3cccc(-c4cccnc4)c3)C2)n1. The molecule has 5 heteroatoms. The van der Waals surface area contributed by atoms with Crippen molar-refractivity contribution in [2.45, 2.75) is 19.9 Å². The third kappa shape index (κ3) is 4.92. The molecule has 1 aromatic carbocycles. The van der Waals surface area contributed by atoms with Gasteiger partial charge in [-0.2, -0.15) is 0 Å². The topological polar surface area (TPSA) is 49.3 Å². The van der Waals surface area contributed by atoms with Crippen molar-refractivity contribution in [3.63, 3.8) is 0 Å². The summed E-state index contributed by atoms with van der Waals surface area (Å²) >= 11 is 0. The average Bonchev–Trinajstić information content (AvgIpc) is 2.89. The molecular weight excluding hydrogens is 372 g/mol. The summed E-state index contributed by atoms with van der Waals surface area (Å²) in [7, 11) is 1.91. The van der Waals surface area contributed by atoms with Gasteiger partial charge in [0.25, 0.3) is 0 Å². The molecule has 0 saturated carbocycles. The molecule has 4 rings (SSSR count). The van der Waals surface area contributed by atoms with Crippen LogP contribution in [0.5, 0.6) is 0 Å². The third-order valence-corrected chi connectivity index (χ3v) is 5.69. The van der Waals surface area contributed by atoms with Crippen LogP contribution in [0.1, 0.15) is 17.0 Å². The van der Waals surface area contributed by atoms with E-state index in [4.69, 9.17) is 0 Å². The molecule has 0 N–H and O–H groups in total. The van der Waals surface area contributed by atoms with Crippen molar-refractivity contribution in [3.8, 4) is 11.1 Å². The highest BCUT2D eigenvalue weighted by atomic mass is 16.2. The predicted octanol–water partition coefficient (Wildman–Crippen LogP) is 3.58. The number of hydrogen-bond acceptors (Lipinski definition) is 4. The number of pyridine rings is 2. The van der Waals surface area contributed by atoms with Gasteiger partial charge in [0.15, 0.2) is 0 Å². The maximum atomic E-state index is 13.0. The molecule has 30 heavy (non-hydrogen) atoms. The standard InChI is InChI=1S/C25H28N4O/c1-19-6-3-10-24(27-19)18-29-13-12-28(2)25(30)23(17-29)15-20-7-4-8-21(14-20)22-9-5-11-26-16-22/h3-11,14,16,23H,12-13,15,17-18H2,1-2H3/t23-/m0/s1. The van der Waals surface area contributed by atoms with Crippen LogP contribution in [0.4, 0.5) is 0 Å². The first-order valence-corrected chi connectivity index (χ1v) is 10.5. The average molecular weight is 401 g/mol. The fourth-order valence-electron chi connectivity index (χ4n) is 4.10. The number of carbonyl (C=O) groups excluding carboxylic acids is 1. The molecule has 0 aliphatic carbocycles. The Morgan fingerprint density at radius 1 is 1.03 bits per heavy atom. The lowest BCUT2D eigenvalue weighted by atomic mass is 9.95. The Bertz CT molecular complexity index is 1000. The van der Waals surface area contributed by atoms with E-state index in [2.05, 4.69) is 51.3 Å². The van der Waals surface area contributed by atoms with Gasteiger partial charge in [-0.3, -0.25) is 19.7 Å². The molecule has 0 unspecified atom stereocenters. The zero-order chi connectivity index (χ0) is 20.9. The molecule has 0 radical (unpaired) electrons. The van der Waals surface area contributed by atoms with E-state index in [9.17, 15) is 4.79 Å². The molecule has 1 atom stereocenters. The summed E-state index contributed by atoms with van der Waals surface area (Å²) < 4.78 is 0. The number of likely N-dealkylation sites (N-methyl/N-ethyl adjacent to an activating group) is 1. The van der Waals surface area contributed by atoms with Crippen LogP contribution in [0.2, 0.25) is 0 Å². The van der Waals surface area contributed by atoms with Gasteiger partial charge in [0, 0.05) is 51.3 Å².